The van der Waals surface area contributed by atoms with E-state index in [2.05, 4.69) is 52.2 Å². The van der Waals surface area contributed by atoms with Crippen molar-refractivity contribution in [2.75, 3.05) is 5.32 Å². The molecule has 2 rings (SSSR count). The normalized spacial score (nSPS) is 10.1. The van der Waals surface area contributed by atoms with E-state index in [1.54, 1.807) is 0 Å². The van der Waals surface area contributed by atoms with Crippen LogP contribution in [-0.2, 0) is 6.54 Å². The summed E-state index contributed by atoms with van der Waals surface area (Å²) in [4.78, 5) is 0. The van der Waals surface area contributed by atoms with Crippen LogP contribution in [0.2, 0.25) is 5.02 Å². The van der Waals surface area contributed by atoms with Crippen molar-refractivity contribution >= 4 is 39.9 Å². The van der Waals surface area contributed by atoms with Crippen LogP contribution in [0.4, 0.5) is 5.69 Å². The average Bonchev–Trinajstić information content (AvgIpc) is 2.27. The number of hydrogen-bond donors (Lipinski definition) is 1. The van der Waals surface area contributed by atoms with Gasteiger partial charge in [-0.1, -0.05) is 29.8 Å². The largest absolute Gasteiger partial charge is 0.381 e. The summed E-state index contributed by atoms with van der Waals surface area (Å²) in [6.45, 7) is 0.792. The molecule has 0 aromatic heterocycles. The summed E-state index contributed by atoms with van der Waals surface area (Å²) < 4.78 is 1.23. The van der Waals surface area contributed by atoms with Gasteiger partial charge >= 0.3 is 0 Å². The number of hydrogen-bond acceptors (Lipinski definition) is 1. The first-order chi connectivity index (χ1) is 7.74. The molecule has 1 nitrogen and oxygen atoms in total. The van der Waals surface area contributed by atoms with Gasteiger partial charge in [0.1, 0.15) is 0 Å². The van der Waals surface area contributed by atoms with E-state index in [9.17, 15) is 0 Å². The summed E-state index contributed by atoms with van der Waals surface area (Å²) >= 11 is 8.23. The maximum absolute atomic E-state index is 5.92. The molecular formula is C13H11ClIN. The van der Waals surface area contributed by atoms with Crippen molar-refractivity contribution in [3.63, 3.8) is 0 Å². The summed E-state index contributed by atoms with van der Waals surface area (Å²) in [6.07, 6.45) is 0. The lowest BCUT2D eigenvalue weighted by molar-refractivity contribution is 1.15. The first-order valence-corrected chi connectivity index (χ1v) is 6.43. The predicted octanol–water partition coefficient (Wildman–Crippen LogP) is 4.56. The molecular weight excluding hydrogens is 333 g/mol. The minimum atomic E-state index is 0.780. The van der Waals surface area contributed by atoms with Crippen molar-refractivity contribution in [2.24, 2.45) is 0 Å². The summed E-state index contributed by atoms with van der Waals surface area (Å²) in [5.41, 5.74) is 2.32. The molecule has 0 saturated carbocycles. The molecule has 0 atom stereocenters. The molecule has 0 amide bonds. The molecule has 0 aliphatic carbocycles. The Morgan fingerprint density at radius 1 is 1.06 bits per heavy atom. The van der Waals surface area contributed by atoms with Crippen LogP contribution < -0.4 is 5.32 Å². The van der Waals surface area contributed by atoms with Crippen molar-refractivity contribution in [2.45, 2.75) is 6.54 Å². The van der Waals surface area contributed by atoms with Gasteiger partial charge < -0.3 is 5.32 Å². The van der Waals surface area contributed by atoms with E-state index in [-0.39, 0.29) is 0 Å². The molecule has 0 spiro atoms. The van der Waals surface area contributed by atoms with Gasteiger partial charge in [0.25, 0.3) is 0 Å². The van der Waals surface area contributed by atoms with Gasteiger partial charge in [-0.15, -0.1) is 0 Å². The highest BCUT2D eigenvalue weighted by Crippen LogP contribution is 2.15. The topological polar surface area (TPSA) is 12.0 Å². The van der Waals surface area contributed by atoms with Crippen LogP contribution in [0.1, 0.15) is 5.56 Å². The van der Waals surface area contributed by atoms with Crippen molar-refractivity contribution in [1.29, 1.82) is 0 Å². The van der Waals surface area contributed by atoms with Crippen molar-refractivity contribution in [1.82, 2.24) is 0 Å². The van der Waals surface area contributed by atoms with Crippen LogP contribution in [0.3, 0.4) is 0 Å². The molecule has 3 heteroatoms. The number of rotatable bonds is 3. The molecule has 0 radical (unpaired) electrons. The van der Waals surface area contributed by atoms with Gasteiger partial charge in [-0.25, -0.2) is 0 Å². The zero-order valence-corrected chi connectivity index (χ0v) is 11.5. The molecule has 1 N–H and O–H groups in total. The van der Waals surface area contributed by atoms with Gasteiger partial charge in [0.15, 0.2) is 0 Å². The minimum Gasteiger partial charge on any atom is -0.381 e. The Kier molecular flexibility index (Phi) is 4.07. The molecule has 0 aliphatic rings. The maximum atomic E-state index is 5.92. The summed E-state index contributed by atoms with van der Waals surface area (Å²) in [5, 5.41) is 4.15. The number of nitrogens with one attached hydrogen (secondary N) is 1. The van der Waals surface area contributed by atoms with E-state index < -0.39 is 0 Å². The quantitative estimate of drug-likeness (QED) is 0.806. The fraction of sp³-hybridized carbons (Fsp3) is 0.0769. The van der Waals surface area contributed by atoms with Crippen LogP contribution in [0.15, 0.2) is 48.5 Å². The lowest BCUT2D eigenvalue weighted by atomic mass is 10.2. The smallest absolute Gasteiger partial charge is 0.0409 e. The zero-order valence-electron chi connectivity index (χ0n) is 8.58. The van der Waals surface area contributed by atoms with E-state index in [1.165, 1.54) is 9.13 Å². The second kappa shape index (κ2) is 5.55. The van der Waals surface area contributed by atoms with Crippen LogP contribution in [-0.4, -0.2) is 0 Å². The monoisotopic (exact) mass is 343 g/mol. The Morgan fingerprint density at radius 2 is 1.88 bits per heavy atom. The highest BCUT2D eigenvalue weighted by Gasteiger charge is 1.95. The predicted molar refractivity (Wildman–Crippen MR) is 77.9 cm³/mol. The molecule has 2 aromatic carbocycles. The Bertz CT molecular complexity index is 439. The van der Waals surface area contributed by atoms with Crippen molar-refractivity contribution in [3.05, 3.63) is 62.7 Å². The first kappa shape index (κ1) is 11.7. The Balaban J connectivity index is 2.02. The van der Waals surface area contributed by atoms with E-state index >= 15 is 0 Å². The Labute approximate surface area is 114 Å². The average molecular weight is 344 g/mol. The summed E-state index contributed by atoms with van der Waals surface area (Å²) in [7, 11) is 0. The van der Waals surface area contributed by atoms with Crippen molar-refractivity contribution < 1.29 is 0 Å². The second-order valence-electron chi connectivity index (χ2n) is 3.49. The molecule has 0 bridgehead atoms. The van der Waals surface area contributed by atoms with Gasteiger partial charge in [0.05, 0.1) is 0 Å². The first-order valence-electron chi connectivity index (χ1n) is 4.98. The van der Waals surface area contributed by atoms with Crippen LogP contribution >= 0.6 is 34.2 Å². The summed E-state index contributed by atoms with van der Waals surface area (Å²) in [6, 6.07) is 16.2. The van der Waals surface area contributed by atoms with Gasteiger partial charge in [0.2, 0.25) is 0 Å². The maximum Gasteiger partial charge on any atom is 0.0409 e. The van der Waals surface area contributed by atoms with E-state index in [4.69, 9.17) is 11.6 Å². The molecule has 2 aromatic rings. The fourth-order valence-electron chi connectivity index (χ4n) is 1.45. The highest BCUT2D eigenvalue weighted by atomic mass is 127. The minimum absolute atomic E-state index is 0.780. The molecule has 0 saturated heterocycles. The SMILES string of the molecule is Clc1cccc(CNc2cccc(I)c2)c1. The Hall–Kier alpha value is -0.740. The van der Waals surface area contributed by atoms with Gasteiger partial charge in [-0.05, 0) is 58.5 Å². The number of anilines is 1. The van der Waals surface area contributed by atoms with E-state index in [1.807, 2.05) is 24.3 Å². The molecule has 82 valence electrons. The van der Waals surface area contributed by atoms with Gasteiger partial charge in [-0.2, -0.15) is 0 Å². The third-order valence-electron chi connectivity index (χ3n) is 2.21. The van der Waals surface area contributed by atoms with E-state index in [0.29, 0.717) is 0 Å². The van der Waals surface area contributed by atoms with E-state index in [0.717, 1.165) is 17.3 Å². The highest BCUT2D eigenvalue weighted by molar-refractivity contribution is 14.1. The Morgan fingerprint density at radius 3 is 2.62 bits per heavy atom. The number of benzene rings is 2. The molecule has 0 unspecified atom stereocenters. The zero-order chi connectivity index (χ0) is 11.4. The van der Waals surface area contributed by atoms with Crippen LogP contribution in [0.25, 0.3) is 0 Å². The molecule has 0 fully saturated rings. The second-order valence-corrected chi connectivity index (χ2v) is 5.18. The molecule has 0 heterocycles. The third kappa shape index (κ3) is 3.39. The standard InChI is InChI=1S/C13H11ClIN/c14-11-4-1-3-10(7-11)9-16-13-6-2-5-12(15)8-13/h1-8,16H,9H2. The van der Waals surface area contributed by atoms with Gasteiger partial charge in [0, 0.05) is 20.8 Å². The lowest BCUT2D eigenvalue weighted by Gasteiger charge is -2.07. The number of halogens is 2. The van der Waals surface area contributed by atoms with Gasteiger partial charge in [-0.3, -0.25) is 0 Å². The third-order valence-corrected chi connectivity index (χ3v) is 3.12. The lowest BCUT2D eigenvalue weighted by Crippen LogP contribution is -1.99. The molecule has 0 aliphatic heterocycles. The molecule has 16 heavy (non-hydrogen) atoms. The fourth-order valence-corrected chi connectivity index (χ4v) is 2.21. The van der Waals surface area contributed by atoms with Crippen LogP contribution in [0, 0.1) is 3.57 Å². The summed E-state index contributed by atoms with van der Waals surface area (Å²) in [5.74, 6) is 0. The van der Waals surface area contributed by atoms with Crippen LogP contribution in [0.5, 0.6) is 0 Å². The van der Waals surface area contributed by atoms with Crippen molar-refractivity contribution in [3.8, 4) is 0 Å².